The van der Waals surface area contributed by atoms with E-state index < -0.39 is 11.8 Å². The second-order valence-electron chi connectivity index (χ2n) is 7.20. The lowest BCUT2D eigenvalue weighted by Gasteiger charge is -2.30. The highest BCUT2D eigenvalue weighted by Crippen LogP contribution is 2.17. The van der Waals surface area contributed by atoms with Crippen LogP contribution in [0.3, 0.4) is 0 Å². The van der Waals surface area contributed by atoms with Gasteiger partial charge in [-0.1, -0.05) is 19.1 Å². The number of benzene rings is 1. The fourth-order valence-corrected chi connectivity index (χ4v) is 3.84. The average Bonchev–Trinajstić information content (AvgIpc) is 3.19. The molecular weight excluding hydrogens is 386 g/mol. The number of aryl methyl sites for hydroxylation is 1. The lowest BCUT2D eigenvalue weighted by atomic mass is 10.0. The van der Waals surface area contributed by atoms with Gasteiger partial charge in [0.25, 0.3) is 0 Å². The Kier molecular flexibility index (Phi) is 6.77. The highest BCUT2D eigenvalue weighted by atomic mass is 32.1. The standard InChI is InChI=1S/C14H20N4O2.C7H5NS/c1-9-4-3-5-18(8-9)14(20)13(19)17-11-6-10(2)12(15)16-7-11;1-2-4-7-6(3-1)8-5-9-7/h6-7,9H,3-5,8H2,1-2H3,(H2,15,16)(H,17,19);1-5H. The quantitative estimate of drug-likeness (QED) is 0.597. The minimum Gasteiger partial charge on any atom is -0.383 e. The normalized spacial score (nSPS) is 16.1. The largest absolute Gasteiger partial charge is 0.383 e. The molecule has 2 aromatic heterocycles. The summed E-state index contributed by atoms with van der Waals surface area (Å²) in [4.78, 5) is 33.7. The van der Waals surface area contributed by atoms with Crippen molar-refractivity contribution in [2.45, 2.75) is 26.7 Å². The molecule has 3 N–H and O–H groups in total. The molecule has 3 heterocycles. The molecule has 3 aromatic rings. The molecule has 0 bridgehead atoms. The highest BCUT2D eigenvalue weighted by Gasteiger charge is 2.26. The number of fused-ring (bicyclic) bond motifs is 1. The summed E-state index contributed by atoms with van der Waals surface area (Å²) < 4.78 is 1.26. The van der Waals surface area contributed by atoms with E-state index in [1.807, 2.05) is 23.7 Å². The van der Waals surface area contributed by atoms with Gasteiger partial charge in [0.1, 0.15) is 5.82 Å². The molecule has 2 amide bonds. The number of nitrogens with one attached hydrogen (secondary N) is 1. The van der Waals surface area contributed by atoms with Gasteiger partial charge in [0.05, 0.1) is 27.6 Å². The van der Waals surface area contributed by atoms with Crippen LogP contribution >= 0.6 is 11.3 Å². The SMILES string of the molecule is Cc1cc(NC(=O)C(=O)N2CCCC(C)C2)cnc1N.c1ccc2scnc2c1. The molecule has 152 valence electrons. The summed E-state index contributed by atoms with van der Waals surface area (Å²) in [6, 6.07) is 9.83. The Morgan fingerprint density at radius 1 is 1.28 bits per heavy atom. The van der Waals surface area contributed by atoms with Gasteiger partial charge in [0.15, 0.2) is 0 Å². The van der Waals surface area contributed by atoms with E-state index in [9.17, 15) is 9.59 Å². The zero-order valence-electron chi connectivity index (χ0n) is 16.6. The van der Waals surface area contributed by atoms with Crippen LogP contribution in [0.15, 0.2) is 42.0 Å². The van der Waals surface area contributed by atoms with Crippen molar-refractivity contribution in [1.82, 2.24) is 14.9 Å². The summed E-state index contributed by atoms with van der Waals surface area (Å²) >= 11 is 1.68. The molecule has 4 rings (SSSR count). The van der Waals surface area contributed by atoms with Crippen molar-refractivity contribution in [3.8, 4) is 0 Å². The number of thiazole rings is 1. The Morgan fingerprint density at radius 2 is 2.07 bits per heavy atom. The van der Waals surface area contributed by atoms with Crippen LogP contribution in [0.4, 0.5) is 11.5 Å². The molecule has 1 saturated heterocycles. The molecule has 1 atom stereocenters. The van der Waals surface area contributed by atoms with Gasteiger partial charge in [0.2, 0.25) is 0 Å². The van der Waals surface area contributed by atoms with Gasteiger partial charge in [-0.15, -0.1) is 11.3 Å². The number of hydrogen-bond acceptors (Lipinski definition) is 6. The molecule has 0 spiro atoms. The molecular formula is C21H25N5O2S. The number of para-hydroxylation sites is 1. The molecule has 8 heteroatoms. The van der Waals surface area contributed by atoms with E-state index in [1.54, 1.807) is 29.2 Å². The number of carbonyl (C=O) groups excluding carboxylic acids is 2. The molecule has 29 heavy (non-hydrogen) atoms. The van der Waals surface area contributed by atoms with Crippen LogP contribution in [-0.4, -0.2) is 39.8 Å². The van der Waals surface area contributed by atoms with Crippen molar-refractivity contribution in [3.63, 3.8) is 0 Å². The van der Waals surface area contributed by atoms with Crippen molar-refractivity contribution in [3.05, 3.63) is 47.6 Å². The fraction of sp³-hybridized carbons (Fsp3) is 0.333. The van der Waals surface area contributed by atoms with Crippen LogP contribution in [0.25, 0.3) is 10.2 Å². The van der Waals surface area contributed by atoms with E-state index in [2.05, 4.69) is 28.3 Å². The number of anilines is 2. The summed E-state index contributed by atoms with van der Waals surface area (Å²) in [5.41, 5.74) is 9.83. The smallest absolute Gasteiger partial charge is 0.313 e. The monoisotopic (exact) mass is 411 g/mol. The summed E-state index contributed by atoms with van der Waals surface area (Å²) in [7, 11) is 0. The third kappa shape index (κ3) is 5.51. The van der Waals surface area contributed by atoms with E-state index in [1.165, 1.54) is 10.9 Å². The zero-order valence-corrected chi connectivity index (χ0v) is 17.4. The lowest BCUT2D eigenvalue weighted by molar-refractivity contribution is -0.144. The van der Waals surface area contributed by atoms with E-state index in [0.717, 1.165) is 23.9 Å². The predicted octanol–water partition coefficient (Wildman–Crippen LogP) is 3.47. The van der Waals surface area contributed by atoms with Crippen LogP contribution < -0.4 is 11.1 Å². The first-order valence-electron chi connectivity index (χ1n) is 9.54. The van der Waals surface area contributed by atoms with Crippen LogP contribution in [0.1, 0.15) is 25.3 Å². The molecule has 0 saturated carbocycles. The number of nitrogens with zero attached hydrogens (tertiary/aromatic N) is 3. The maximum atomic E-state index is 12.1. The van der Waals surface area contributed by atoms with Crippen molar-refractivity contribution in [2.24, 2.45) is 5.92 Å². The maximum Gasteiger partial charge on any atom is 0.313 e. The van der Waals surface area contributed by atoms with Crippen LogP contribution in [0.2, 0.25) is 0 Å². The van der Waals surface area contributed by atoms with E-state index in [0.29, 0.717) is 30.5 Å². The zero-order chi connectivity index (χ0) is 20.8. The molecule has 1 aliphatic rings. The van der Waals surface area contributed by atoms with Gasteiger partial charge in [-0.25, -0.2) is 9.97 Å². The summed E-state index contributed by atoms with van der Waals surface area (Å²) in [6.07, 6.45) is 3.50. The van der Waals surface area contributed by atoms with Gasteiger partial charge in [-0.3, -0.25) is 9.59 Å². The lowest BCUT2D eigenvalue weighted by Crippen LogP contribution is -2.44. The Labute approximate surface area is 174 Å². The minimum absolute atomic E-state index is 0.416. The molecule has 0 radical (unpaired) electrons. The first kappa shape index (κ1) is 20.7. The molecule has 1 aromatic carbocycles. The second-order valence-corrected chi connectivity index (χ2v) is 8.09. The molecule has 1 unspecified atom stereocenters. The number of hydrogen-bond donors (Lipinski definition) is 2. The number of nitrogens with two attached hydrogens (primary N) is 1. The average molecular weight is 412 g/mol. The summed E-state index contributed by atoms with van der Waals surface area (Å²) in [5.74, 6) is -0.240. The first-order chi connectivity index (χ1) is 13.9. The van der Waals surface area contributed by atoms with Crippen molar-refractivity contribution in [2.75, 3.05) is 24.1 Å². The fourth-order valence-electron chi connectivity index (χ4n) is 3.16. The van der Waals surface area contributed by atoms with Crippen LogP contribution in [0.5, 0.6) is 0 Å². The highest BCUT2D eigenvalue weighted by molar-refractivity contribution is 7.16. The van der Waals surface area contributed by atoms with Crippen LogP contribution in [0, 0.1) is 12.8 Å². The number of carbonyl (C=O) groups is 2. The number of rotatable bonds is 1. The topological polar surface area (TPSA) is 101 Å². The van der Waals surface area contributed by atoms with Crippen molar-refractivity contribution in [1.29, 1.82) is 0 Å². The van der Waals surface area contributed by atoms with E-state index in [-0.39, 0.29) is 0 Å². The third-order valence-corrected chi connectivity index (χ3v) is 5.56. The molecule has 1 aliphatic heterocycles. The Bertz CT molecular complexity index is 973. The molecule has 7 nitrogen and oxygen atoms in total. The number of piperidine rings is 1. The van der Waals surface area contributed by atoms with Gasteiger partial charge in [-0.05, 0) is 49.4 Å². The van der Waals surface area contributed by atoms with Gasteiger partial charge in [-0.2, -0.15) is 0 Å². The van der Waals surface area contributed by atoms with Gasteiger partial charge in [0, 0.05) is 13.1 Å². The molecule has 0 aliphatic carbocycles. The van der Waals surface area contributed by atoms with E-state index >= 15 is 0 Å². The Balaban J connectivity index is 0.000000220. The number of aromatic nitrogens is 2. The summed E-state index contributed by atoms with van der Waals surface area (Å²) in [6.45, 7) is 5.18. The van der Waals surface area contributed by atoms with Crippen molar-refractivity contribution >= 4 is 44.9 Å². The first-order valence-corrected chi connectivity index (χ1v) is 10.4. The summed E-state index contributed by atoms with van der Waals surface area (Å²) in [5, 5.41) is 2.57. The third-order valence-electron chi connectivity index (χ3n) is 4.75. The minimum atomic E-state index is -0.620. The number of nitrogen functional groups attached to an aromatic ring is 1. The van der Waals surface area contributed by atoms with Gasteiger partial charge >= 0.3 is 11.8 Å². The van der Waals surface area contributed by atoms with Crippen molar-refractivity contribution < 1.29 is 9.59 Å². The molecule has 1 fully saturated rings. The number of likely N-dealkylation sites (tertiary alicyclic amines) is 1. The maximum absolute atomic E-state index is 12.1. The predicted molar refractivity (Wildman–Crippen MR) is 117 cm³/mol. The Hall–Kier alpha value is -3.00. The van der Waals surface area contributed by atoms with Gasteiger partial charge < -0.3 is 16.0 Å². The number of amides is 2. The second kappa shape index (κ2) is 9.47. The Morgan fingerprint density at radius 3 is 2.79 bits per heavy atom. The van der Waals surface area contributed by atoms with E-state index in [4.69, 9.17) is 5.73 Å². The van der Waals surface area contributed by atoms with Crippen LogP contribution in [-0.2, 0) is 9.59 Å². The number of pyridine rings is 1.